The van der Waals surface area contributed by atoms with E-state index < -0.39 is 35.7 Å². The second kappa shape index (κ2) is 14.0. The molecule has 1 saturated carbocycles. The predicted octanol–water partition coefficient (Wildman–Crippen LogP) is 6.33. The van der Waals surface area contributed by atoms with E-state index in [2.05, 4.69) is 21.2 Å². The molecule has 2 atom stereocenters. The molecular formula is C38H35BrFN3O6. The van der Waals surface area contributed by atoms with Crippen molar-refractivity contribution in [1.82, 2.24) is 15.1 Å². The maximum atomic E-state index is 14.6. The Labute approximate surface area is 292 Å². The van der Waals surface area contributed by atoms with Crippen LogP contribution in [0.2, 0.25) is 0 Å². The summed E-state index contributed by atoms with van der Waals surface area (Å²) in [6, 6.07) is 27.6. The normalized spacial score (nSPS) is 20.3. The van der Waals surface area contributed by atoms with Gasteiger partial charge in [0.05, 0.1) is 19.3 Å². The molecule has 7 rings (SSSR count). The van der Waals surface area contributed by atoms with Crippen molar-refractivity contribution in [2.24, 2.45) is 5.92 Å². The summed E-state index contributed by atoms with van der Waals surface area (Å²) in [7, 11) is 0. The summed E-state index contributed by atoms with van der Waals surface area (Å²) in [5.74, 6) is -0.381. The SMILES string of the molecule is O=C1NC(COCc2ccccc2)(c2ccc(Br)cc2OCc2ccccc2)C(=O)N1CC(=O)N1Cc2cc(F)ccc2OC[C@H]1C1CC1. The lowest BCUT2D eigenvalue weighted by molar-refractivity contribution is -0.142. The van der Waals surface area contributed by atoms with Gasteiger partial charge in [0, 0.05) is 22.1 Å². The minimum Gasteiger partial charge on any atom is -0.491 e. The zero-order valence-corrected chi connectivity index (χ0v) is 28.2. The monoisotopic (exact) mass is 727 g/mol. The molecule has 2 aliphatic heterocycles. The van der Waals surface area contributed by atoms with Gasteiger partial charge in [-0.25, -0.2) is 9.18 Å². The van der Waals surface area contributed by atoms with Crippen LogP contribution in [0.3, 0.4) is 0 Å². The van der Waals surface area contributed by atoms with Crippen molar-refractivity contribution >= 4 is 33.8 Å². The lowest BCUT2D eigenvalue weighted by Gasteiger charge is -2.31. The Balaban J connectivity index is 1.19. The maximum absolute atomic E-state index is 14.6. The number of hydrogen-bond acceptors (Lipinski definition) is 6. The fraction of sp³-hybridized carbons (Fsp3) is 0.289. The number of urea groups is 1. The summed E-state index contributed by atoms with van der Waals surface area (Å²) in [5, 5.41) is 2.89. The molecule has 0 radical (unpaired) electrons. The van der Waals surface area contributed by atoms with Crippen LogP contribution >= 0.6 is 15.9 Å². The number of halogens is 2. The van der Waals surface area contributed by atoms with E-state index in [1.165, 1.54) is 12.1 Å². The van der Waals surface area contributed by atoms with E-state index in [4.69, 9.17) is 14.2 Å². The van der Waals surface area contributed by atoms with E-state index in [9.17, 15) is 18.8 Å². The van der Waals surface area contributed by atoms with E-state index in [-0.39, 0.29) is 44.9 Å². The van der Waals surface area contributed by atoms with Crippen LogP contribution in [0, 0.1) is 11.7 Å². The first kappa shape index (κ1) is 32.8. The first-order valence-corrected chi connectivity index (χ1v) is 17.0. The molecule has 2 fully saturated rings. The van der Waals surface area contributed by atoms with Gasteiger partial charge in [-0.15, -0.1) is 0 Å². The van der Waals surface area contributed by atoms with Crippen LogP contribution in [0.5, 0.6) is 11.5 Å². The zero-order valence-electron chi connectivity index (χ0n) is 26.6. The first-order chi connectivity index (χ1) is 23.8. The fourth-order valence-electron chi connectivity index (χ4n) is 6.48. The van der Waals surface area contributed by atoms with Gasteiger partial charge in [0.2, 0.25) is 5.91 Å². The number of ether oxygens (including phenoxy) is 3. The molecule has 1 aliphatic carbocycles. The summed E-state index contributed by atoms with van der Waals surface area (Å²) in [6.07, 6.45) is 1.87. The van der Waals surface area contributed by atoms with Gasteiger partial charge < -0.3 is 24.4 Å². The van der Waals surface area contributed by atoms with Gasteiger partial charge >= 0.3 is 6.03 Å². The molecule has 9 nitrogen and oxygen atoms in total. The van der Waals surface area contributed by atoms with E-state index in [0.29, 0.717) is 22.6 Å². The average molecular weight is 729 g/mol. The summed E-state index contributed by atoms with van der Waals surface area (Å²) < 4.78 is 33.4. The molecule has 11 heteroatoms. The van der Waals surface area contributed by atoms with Crippen LogP contribution in [0.1, 0.15) is 35.1 Å². The van der Waals surface area contributed by atoms with Gasteiger partial charge in [-0.2, -0.15) is 0 Å². The highest BCUT2D eigenvalue weighted by Crippen LogP contribution is 2.40. The molecule has 49 heavy (non-hydrogen) atoms. The third-order valence-electron chi connectivity index (χ3n) is 9.20. The Morgan fingerprint density at radius 1 is 0.939 bits per heavy atom. The van der Waals surface area contributed by atoms with Crippen LogP contribution in [0.15, 0.2) is 102 Å². The molecule has 1 saturated heterocycles. The number of hydrogen-bond donors (Lipinski definition) is 1. The fourth-order valence-corrected chi connectivity index (χ4v) is 6.82. The Bertz CT molecular complexity index is 1860. The third-order valence-corrected chi connectivity index (χ3v) is 9.69. The Hall–Kier alpha value is -4.74. The van der Waals surface area contributed by atoms with Crippen LogP contribution in [0.4, 0.5) is 9.18 Å². The van der Waals surface area contributed by atoms with E-state index >= 15 is 0 Å². The number of benzene rings is 4. The van der Waals surface area contributed by atoms with Crippen molar-refractivity contribution in [2.75, 3.05) is 19.8 Å². The molecule has 2 heterocycles. The van der Waals surface area contributed by atoms with Gasteiger partial charge in [-0.1, -0.05) is 82.7 Å². The first-order valence-electron chi connectivity index (χ1n) is 16.2. The van der Waals surface area contributed by atoms with E-state index in [0.717, 1.165) is 33.3 Å². The van der Waals surface area contributed by atoms with Crippen molar-refractivity contribution in [2.45, 2.75) is 44.2 Å². The van der Waals surface area contributed by atoms with Crippen molar-refractivity contribution in [3.63, 3.8) is 0 Å². The summed E-state index contributed by atoms with van der Waals surface area (Å²) in [4.78, 5) is 45.0. The average Bonchev–Trinajstić information content (AvgIpc) is 3.94. The van der Waals surface area contributed by atoms with Gasteiger partial charge in [0.15, 0.2) is 5.54 Å². The Morgan fingerprint density at radius 3 is 2.37 bits per heavy atom. The van der Waals surface area contributed by atoms with Crippen LogP contribution in [0.25, 0.3) is 0 Å². The Morgan fingerprint density at radius 2 is 1.65 bits per heavy atom. The number of carbonyl (C=O) groups excluding carboxylic acids is 3. The second-order valence-corrected chi connectivity index (χ2v) is 13.5. The highest BCUT2D eigenvalue weighted by Gasteiger charge is 2.55. The standard InChI is InChI=1S/C38H35BrFN3O6/c39-29-13-15-31(34(18-29)48-22-26-9-5-2-6-10-26)38(24-47-21-25-7-3-1-4-8-25)36(45)43(37(46)41-38)20-35(44)42-19-28-17-30(40)14-16-33(28)49-23-32(42)27-11-12-27/h1-10,13-18,27,32H,11-12,19-24H2,(H,41,46)/t32-,38?/m0/s1. The summed E-state index contributed by atoms with van der Waals surface area (Å²) in [5.41, 5.74) is 1.06. The third kappa shape index (κ3) is 7.04. The highest BCUT2D eigenvalue weighted by molar-refractivity contribution is 9.10. The van der Waals surface area contributed by atoms with Crippen molar-refractivity contribution in [1.29, 1.82) is 0 Å². The smallest absolute Gasteiger partial charge is 0.325 e. The number of nitrogens with one attached hydrogen (secondary N) is 1. The molecule has 4 aromatic rings. The quantitative estimate of drug-likeness (QED) is 0.182. The summed E-state index contributed by atoms with van der Waals surface area (Å²) in [6.45, 7) is 0.0380. The van der Waals surface area contributed by atoms with Gasteiger partial charge in [0.25, 0.3) is 5.91 Å². The zero-order chi connectivity index (χ0) is 34.0. The molecule has 1 N–H and O–H groups in total. The van der Waals surface area contributed by atoms with Crippen molar-refractivity contribution in [3.05, 3.63) is 130 Å². The van der Waals surface area contributed by atoms with Crippen LogP contribution < -0.4 is 14.8 Å². The molecule has 4 amide bonds. The lowest BCUT2D eigenvalue weighted by Crippen LogP contribution is -2.50. The highest BCUT2D eigenvalue weighted by atomic mass is 79.9. The summed E-state index contributed by atoms with van der Waals surface area (Å²) >= 11 is 3.51. The van der Waals surface area contributed by atoms with Gasteiger partial charge in [0.1, 0.15) is 37.1 Å². The minimum absolute atomic E-state index is 0.103. The number of amides is 4. The van der Waals surface area contributed by atoms with E-state index in [1.54, 1.807) is 29.2 Å². The predicted molar refractivity (Wildman–Crippen MR) is 182 cm³/mol. The number of imide groups is 1. The minimum atomic E-state index is -1.69. The molecule has 3 aliphatic rings. The van der Waals surface area contributed by atoms with Crippen LogP contribution in [-0.4, -0.2) is 53.4 Å². The van der Waals surface area contributed by atoms with Crippen molar-refractivity contribution in [3.8, 4) is 11.5 Å². The molecule has 1 unspecified atom stereocenters. The molecule has 4 aromatic carbocycles. The lowest BCUT2D eigenvalue weighted by atomic mass is 9.89. The van der Waals surface area contributed by atoms with Gasteiger partial charge in [-0.3, -0.25) is 14.5 Å². The van der Waals surface area contributed by atoms with Gasteiger partial charge in [-0.05, 0) is 60.2 Å². The Kier molecular flexibility index (Phi) is 9.38. The molecule has 0 spiro atoms. The van der Waals surface area contributed by atoms with E-state index in [1.807, 2.05) is 60.7 Å². The topological polar surface area (TPSA) is 97.4 Å². The van der Waals surface area contributed by atoms with Crippen LogP contribution in [-0.2, 0) is 39.6 Å². The number of rotatable bonds is 11. The molecular weight excluding hydrogens is 693 g/mol. The second-order valence-electron chi connectivity index (χ2n) is 12.6. The number of carbonyl (C=O) groups is 3. The molecule has 0 bridgehead atoms. The molecule has 252 valence electrons. The largest absolute Gasteiger partial charge is 0.491 e. The molecule has 0 aromatic heterocycles. The number of nitrogens with zero attached hydrogens (tertiary/aromatic N) is 2. The maximum Gasteiger partial charge on any atom is 0.325 e. The number of fused-ring (bicyclic) bond motifs is 1. The van der Waals surface area contributed by atoms with Crippen molar-refractivity contribution < 1.29 is 33.0 Å².